The Labute approximate surface area is 132 Å². The van der Waals surface area contributed by atoms with Gasteiger partial charge in [0.1, 0.15) is 4.88 Å². The van der Waals surface area contributed by atoms with Crippen LogP contribution in [0.1, 0.15) is 23.0 Å². The molecule has 1 aromatic heterocycles. The zero-order valence-corrected chi connectivity index (χ0v) is 13.6. The quantitative estimate of drug-likeness (QED) is 0.857. The summed E-state index contributed by atoms with van der Waals surface area (Å²) < 4.78 is 5.91. The predicted octanol–water partition coefficient (Wildman–Crippen LogP) is 3.07. The number of halogens is 1. The number of carbonyl (C=O) groups excluding carboxylic acids is 1. The molecule has 0 aliphatic rings. The number of hydrogen-bond donors (Lipinski definition) is 2. The molecule has 0 saturated carbocycles. The highest BCUT2D eigenvalue weighted by atomic mass is 35.5. The van der Waals surface area contributed by atoms with Gasteiger partial charge in [-0.05, 0) is 13.0 Å². The highest BCUT2D eigenvalue weighted by Gasteiger charge is 2.23. The minimum Gasteiger partial charge on any atom is -0.388 e. The van der Waals surface area contributed by atoms with Gasteiger partial charge in [-0.1, -0.05) is 29.8 Å². The zero-order valence-electron chi connectivity index (χ0n) is 12.0. The van der Waals surface area contributed by atoms with Crippen molar-refractivity contribution in [2.75, 3.05) is 20.3 Å². The number of amides is 1. The highest BCUT2D eigenvalue weighted by Crippen LogP contribution is 2.34. The summed E-state index contributed by atoms with van der Waals surface area (Å²) in [6.07, 6.45) is 0.448. The Bertz CT molecular complexity index is 639. The van der Waals surface area contributed by atoms with E-state index in [1.165, 1.54) is 11.3 Å². The third kappa shape index (κ3) is 3.95. The molecule has 114 valence electrons. The Kier molecular flexibility index (Phi) is 5.22. The molecule has 1 amide bonds. The summed E-state index contributed by atoms with van der Waals surface area (Å²) in [6, 6.07) is 7.61. The average molecular weight is 328 g/mol. The van der Waals surface area contributed by atoms with Gasteiger partial charge in [-0.25, -0.2) is 0 Å². The first-order valence-electron chi connectivity index (χ1n) is 6.61. The maximum Gasteiger partial charge on any atom is 0.263 e. The number of benzene rings is 1. The Hall–Kier alpha value is -1.14. The molecule has 0 aliphatic heterocycles. The van der Waals surface area contributed by atoms with Crippen LogP contribution in [0.2, 0.25) is 5.02 Å². The van der Waals surface area contributed by atoms with Crippen LogP contribution in [0.25, 0.3) is 10.1 Å². The fourth-order valence-corrected chi connectivity index (χ4v) is 3.35. The van der Waals surface area contributed by atoms with Gasteiger partial charge in [0.25, 0.3) is 5.91 Å². The molecular weight excluding hydrogens is 310 g/mol. The first kappa shape index (κ1) is 16.2. The molecule has 0 radical (unpaired) electrons. The standard InChI is InChI=1S/C15H18ClNO3S/c1-15(19,7-8-20-2)9-17-14(18)13-12(16)10-5-3-4-6-11(10)21-13/h3-6,19H,7-9H2,1-2H3,(H,17,18). The van der Waals surface area contributed by atoms with Crippen molar-refractivity contribution in [1.29, 1.82) is 0 Å². The summed E-state index contributed by atoms with van der Waals surface area (Å²) in [5.41, 5.74) is -1.01. The molecule has 1 heterocycles. The number of nitrogens with one attached hydrogen (secondary N) is 1. The molecule has 1 atom stereocenters. The molecule has 21 heavy (non-hydrogen) atoms. The summed E-state index contributed by atoms with van der Waals surface area (Å²) in [5, 5.41) is 14.2. The lowest BCUT2D eigenvalue weighted by atomic mass is 10.0. The number of carbonyl (C=O) groups is 1. The van der Waals surface area contributed by atoms with Gasteiger partial charge >= 0.3 is 0 Å². The summed E-state index contributed by atoms with van der Waals surface area (Å²) >= 11 is 7.60. The number of ether oxygens (including phenoxy) is 1. The number of hydrogen-bond acceptors (Lipinski definition) is 4. The van der Waals surface area contributed by atoms with E-state index in [9.17, 15) is 9.90 Å². The van der Waals surface area contributed by atoms with Crippen LogP contribution in [0.3, 0.4) is 0 Å². The van der Waals surface area contributed by atoms with Gasteiger partial charge in [-0.3, -0.25) is 4.79 Å². The lowest BCUT2D eigenvalue weighted by molar-refractivity contribution is 0.0244. The normalized spacial score (nSPS) is 14.1. The van der Waals surface area contributed by atoms with Crippen molar-refractivity contribution in [2.24, 2.45) is 0 Å². The molecule has 4 nitrogen and oxygen atoms in total. The van der Waals surface area contributed by atoms with Gasteiger partial charge in [0.05, 0.1) is 10.6 Å². The molecule has 1 unspecified atom stereocenters. The summed E-state index contributed by atoms with van der Waals surface area (Å²) in [5.74, 6) is -0.265. The molecule has 0 fully saturated rings. The molecule has 0 saturated heterocycles. The van der Waals surface area contributed by atoms with E-state index in [0.29, 0.717) is 22.9 Å². The predicted molar refractivity (Wildman–Crippen MR) is 86.3 cm³/mol. The first-order valence-corrected chi connectivity index (χ1v) is 7.80. The van der Waals surface area contributed by atoms with Gasteiger partial charge in [0, 0.05) is 36.8 Å². The van der Waals surface area contributed by atoms with Gasteiger partial charge in [0.2, 0.25) is 0 Å². The smallest absolute Gasteiger partial charge is 0.263 e. The van der Waals surface area contributed by atoms with Gasteiger partial charge in [-0.2, -0.15) is 0 Å². The Morgan fingerprint density at radius 2 is 2.19 bits per heavy atom. The summed E-state index contributed by atoms with van der Waals surface area (Å²) in [6.45, 7) is 2.26. The van der Waals surface area contributed by atoms with Crippen LogP contribution in [0.5, 0.6) is 0 Å². The minimum atomic E-state index is -1.01. The van der Waals surface area contributed by atoms with Crippen molar-refractivity contribution in [3.63, 3.8) is 0 Å². The van der Waals surface area contributed by atoms with Crippen LogP contribution < -0.4 is 5.32 Å². The molecule has 0 bridgehead atoms. The Morgan fingerprint density at radius 3 is 2.86 bits per heavy atom. The van der Waals surface area contributed by atoms with Crippen molar-refractivity contribution >= 4 is 38.9 Å². The van der Waals surface area contributed by atoms with Crippen molar-refractivity contribution in [2.45, 2.75) is 18.9 Å². The number of thiophene rings is 1. The lowest BCUT2D eigenvalue weighted by Crippen LogP contribution is -2.41. The van der Waals surface area contributed by atoms with E-state index in [0.717, 1.165) is 10.1 Å². The van der Waals surface area contributed by atoms with E-state index in [1.54, 1.807) is 14.0 Å². The molecule has 6 heteroatoms. The molecular formula is C15H18ClNO3S. The van der Waals surface area contributed by atoms with Crippen molar-refractivity contribution in [3.8, 4) is 0 Å². The topological polar surface area (TPSA) is 58.6 Å². The maximum absolute atomic E-state index is 12.2. The lowest BCUT2D eigenvalue weighted by Gasteiger charge is -2.23. The number of rotatable bonds is 6. The van der Waals surface area contributed by atoms with E-state index in [-0.39, 0.29) is 12.5 Å². The van der Waals surface area contributed by atoms with Crippen LogP contribution >= 0.6 is 22.9 Å². The van der Waals surface area contributed by atoms with E-state index in [2.05, 4.69) is 5.32 Å². The van der Waals surface area contributed by atoms with Crippen LogP contribution in [-0.2, 0) is 4.74 Å². The van der Waals surface area contributed by atoms with Crippen LogP contribution in [0.4, 0.5) is 0 Å². The molecule has 2 N–H and O–H groups in total. The van der Waals surface area contributed by atoms with Crippen LogP contribution in [-0.4, -0.2) is 36.9 Å². The van der Waals surface area contributed by atoms with Crippen molar-refractivity contribution < 1.29 is 14.6 Å². The van der Waals surface area contributed by atoms with E-state index >= 15 is 0 Å². The van der Waals surface area contributed by atoms with Crippen molar-refractivity contribution in [3.05, 3.63) is 34.2 Å². The van der Waals surface area contributed by atoms with Gasteiger partial charge in [0.15, 0.2) is 0 Å². The first-order chi connectivity index (χ1) is 9.94. The van der Waals surface area contributed by atoms with E-state index < -0.39 is 5.60 Å². The summed E-state index contributed by atoms with van der Waals surface area (Å²) in [7, 11) is 1.58. The summed E-state index contributed by atoms with van der Waals surface area (Å²) in [4.78, 5) is 12.7. The highest BCUT2D eigenvalue weighted by molar-refractivity contribution is 7.21. The minimum absolute atomic E-state index is 0.153. The van der Waals surface area contributed by atoms with Crippen LogP contribution in [0.15, 0.2) is 24.3 Å². The zero-order chi connectivity index (χ0) is 15.5. The SMILES string of the molecule is COCCC(C)(O)CNC(=O)c1sc2ccccc2c1Cl. The van der Waals surface area contributed by atoms with Gasteiger partial charge in [-0.15, -0.1) is 11.3 Å². The fourth-order valence-electron chi connectivity index (χ4n) is 1.92. The molecule has 1 aromatic carbocycles. The van der Waals surface area contributed by atoms with E-state index in [4.69, 9.17) is 16.3 Å². The third-order valence-corrected chi connectivity index (χ3v) is 4.89. The third-order valence-electron chi connectivity index (χ3n) is 3.22. The average Bonchev–Trinajstić information content (AvgIpc) is 2.81. The monoisotopic (exact) mass is 327 g/mol. The second-order valence-corrected chi connectivity index (χ2v) is 6.59. The second-order valence-electron chi connectivity index (χ2n) is 5.16. The second kappa shape index (κ2) is 6.75. The molecule has 2 rings (SSSR count). The van der Waals surface area contributed by atoms with Crippen molar-refractivity contribution in [1.82, 2.24) is 5.32 Å². The maximum atomic E-state index is 12.2. The fraction of sp³-hybridized carbons (Fsp3) is 0.400. The van der Waals surface area contributed by atoms with Crippen LogP contribution in [0, 0.1) is 0 Å². The number of fused-ring (bicyclic) bond motifs is 1. The van der Waals surface area contributed by atoms with E-state index in [1.807, 2.05) is 24.3 Å². The molecule has 2 aromatic rings. The van der Waals surface area contributed by atoms with Gasteiger partial charge < -0.3 is 15.2 Å². The number of aliphatic hydroxyl groups is 1. The largest absolute Gasteiger partial charge is 0.388 e. The molecule has 0 spiro atoms. The molecule has 0 aliphatic carbocycles. The Morgan fingerprint density at radius 1 is 1.48 bits per heavy atom. The Balaban J connectivity index is 2.07. The number of methoxy groups -OCH3 is 1.